The predicted octanol–water partition coefficient (Wildman–Crippen LogP) is 4.71. The number of phenols is 1. The standard InChI is InChI=1S/C33H31F3N6O2/c1-2-23-26(35)7-4-18-10-22(43)11-24(27(18)23)29-28(36)30-25(14-38-29)31(42-16-20-5-6-21(42)13-37-20)40-32(39-30)44-17-33-8-3-9-41(33)15-19(34)12-33/h1,4,7,10-11,14,19-21,37,43H,3,5-6,8-9,12-13,15-17H2/t19-,20?,21?,33+/m0/s1/i1D,19D. The van der Waals surface area contributed by atoms with Gasteiger partial charge in [-0.3, -0.25) is 9.88 Å². The Hall–Kier alpha value is -4.14. The van der Waals surface area contributed by atoms with Crippen molar-refractivity contribution in [3.8, 4) is 35.3 Å². The van der Waals surface area contributed by atoms with Gasteiger partial charge in [0, 0.05) is 55.3 Å². The van der Waals surface area contributed by atoms with Crippen molar-refractivity contribution in [3.63, 3.8) is 0 Å². The van der Waals surface area contributed by atoms with Crippen LogP contribution in [0.1, 0.15) is 40.4 Å². The van der Waals surface area contributed by atoms with Crippen LogP contribution in [-0.4, -0.2) is 81.5 Å². The van der Waals surface area contributed by atoms with Crippen molar-refractivity contribution in [1.29, 1.82) is 0 Å². The number of fused-ring (bicyclic) bond motifs is 6. The van der Waals surface area contributed by atoms with Gasteiger partial charge < -0.3 is 20.1 Å². The molecule has 0 saturated carbocycles. The Labute approximate surface area is 255 Å². The van der Waals surface area contributed by atoms with Crippen LogP contribution in [0.2, 0.25) is 0 Å². The fourth-order valence-corrected chi connectivity index (χ4v) is 7.67. The summed E-state index contributed by atoms with van der Waals surface area (Å²) in [5.74, 6) is 1.25. The quantitative estimate of drug-likeness (QED) is 0.318. The molecule has 9 rings (SSSR count). The fourth-order valence-electron chi connectivity index (χ4n) is 7.67. The molecule has 5 fully saturated rings. The third kappa shape index (κ3) is 4.26. The van der Waals surface area contributed by atoms with E-state index in [0.717, 1.165) is 25.8 Å². The number of piperidine rings is 2. The molecule has 2 unspecified atom stereocenters. The Morgan fingerprint density at radius 1 is 1.25 bits per heavy atom. The molecular formula is C33H31F3N6O2. The second kappa shape index (κ2) is 10.2. The second-order valence-corrected chi connectivity index (χ2v) is 12.4. The molecular weight excluding hydrogens is 569 g/mol. The summed E-state index contributed by atoms with van der Waals surface area (Å²) in [6.07, 6.45) is 4.89. The first-order valence-corrected chi connectivity index (χ1v) is 15.0. The SMILES string of the molecule is [2H]C#Cc1c(F)ccc2cc(O)cc(-c3ncc4c(N5CC6CCC5CN6)nc(OC[C@]56CCCN5C[C@@]([2H])(F)C6)nc4c3F)c12. The molecule has 8 nitrogen and oxygen atoms in total. The summed E-state index contributed by atoms with van der Waals surface area (Å²) < 4.78 is 68.2. The molecule has 4 atom stereocenters. The van der Waals surface area contributed by atoms with Crippen LogP contribution in [0.3, 0.4) is 0 Å². The van der Waals surface area contributed by atoms with Gasteiger partial charge in [-0.05, 0) is 55.8 Å². The average molecular weight is 603 g/mol. The van der Waals surface area contributed by atoms with Gasteiger partial charge in [-0.25, -0.2) is 13.2 Å². The van der Waals surface area contributed by atoms with Crippen molar-refractivity contribution in [2.45, 2.75) is 55.9 Å². The number of aromatic nitrogens is 3. The molecule has 2 aromatic heterocycles. The summed E-state index contributed by atoms with van der Waals surface area (Å²) in [7, 11) is 0. The summed E-state index contributed by atoms with van der Waals surface area (Å²) in [4.78, 5) is 17.9. The Morgan fingerprint density at radius 2 is 2.16 bits per heavy atom. The maximum absolute atomic E-state index is 16.8. The molecule has 5 aliphatic rings. The highest BCUT2D eigenvalue weighted by Crippen LogP contribution is 2.42. The van der Waals surface area contributed by atoms with Crippen LogP contribution in [0.5, 0.6) is 11.8 Å². The smallest absolute Gasteiger partial charge is 0.319 e. The van der Waals surface area contributed by atoms with E-state index in [2.05, 4.69) is 26.1 Å². The van der Waals surface area contributed by atoms with Crippen LogP contribution >= 0.6 is 0 Å². The summed E-state index contributed by atoms with van der Waals surface area (Å²) in [6.45, 7) is 2.16. The van der Waals surface area contributed by atoms with Gasteiger partial charge in [0.1, 0.15) is 42.7 Å². The first-order valence-electron chi connectivity index (χ1n) is 16.0. The lowest BCUT2D eigenvalue weighted by Crippen LogP contribution is -2.61. The lowest BCUT2D eigenvalue weighted by Gasteiger charge is -2.46. The number of ether oxygens (including phenoxy) is 1. The monoisotopic (exact) mass is 602 g/mol. The number of nitrogens with one attached hydrogen (secondary N) is 1. The Balaban J connectivity index is 1.28. The first kappa shape index (κ1) is 25.2. The Bertz CT molecular complexity index is 1960. The third-order valence-corrected chi connectivity index (χ3v) is 9.79. The van der Waals surface area contributed by atoms with E-state index in [0.29, 0.717) is 36.1 Å². The largest absolute Gasteiger partial charge is 0.508 e. The molecule has 5 aliphatic heterocycles. The van der Waals surface area contributed by atoms with E-state index < -0.39 is 23.3 Å². The molecule has 4 aromatic rings. The van der Waals surface area contributed by atoms with Crippen molar-refractivity contribution in [2.75, 3.05) is 37.7 Å². The number of halogens is 3. The van der Waals surface area contributed by atoms with E-state index in [1.807, 2.05) is 11.3 Å². The number of benzene rings is 2. The molecule has 2 N–H and O–H groups in total. The molecule has 0 radical (unpaired) electrons. The van der Waals surface area contributed by atoms with Crippen LogP contribution < -0.4 is 15.0 Å². The number of hydrogen-bond acceptors (Lipinski definition) is 8. The average Bonchev–Trinajstić information content (AvgIpc) is 3.53. The number of terminal acetylenes is 1. The lowest BCUT2D eigenvalue weighted by molar-refractivity contribution is 0.107. The van der Waals surface area contributed by atoms with Crippen LogP contribution in [0.25, 0.3) is 32.9 Å². The van der Waals surface area contributed by atoms with E-state index >= 15 is 4.39 Å². The summed E-state index contributed by atoms with van der Waals surface area (Å²) in [5.41, 5.74) is -0.921. The molecule has 2 aromatic carbocycles. The van der Waals surface area contributed by atoms with Gasteiger partial charge >= 0.3 is 6.01 Å². The van der Waals surface area contributed by atoms with Gasteiger partial charge in [0.15, 0.2) is 5.82 Å². The van der Waals surface area contributed by atoms with Crippen molar-refractivity contribution in [1.82, 2.24) is 25.2 Å². The molecule has 0 amide bonds. The maximum atomic E-state index is 16.8. The fraction of sp³-hybridized carbons (Fsp3) is 0.424. The molecule has 44 heavy (non-hydrogen) atoms. The van der Waals surface area contributed by atoms with Gasteiger partial charge in [-0.15, -0.1) is 6.40 Å². The normalized spacial score (nSPS) is 28.6. The van der Waals surface area contributed by atoms with Crippen molar-refractivity contribution in [2.24, 2.45) is 0 Å². The number of nitrogens with zero attached hydrogens (tertiary/aromatic N) is 5. The molecule has 2 bridgehead atoms. The van der Waals surface area contributed by atoms with Crippen LogP contribution in [-0.2, 0) is 0 Å². The van der Waals surface area contributed by atoms with Crippen molar-refractivity contribution >= 4 is 27.5 Å². The van der Waals surface area contributed by atoms with Crippen LogP contribution in [0.4, 0.5) is 19.0 Å². The second-order valence-electron chi connectivity index (χ2n) is 12.4. The number of pyridine rings is 1. The van der Waals surface area contributed by atoms with Gasteiger partial charge in [-0.2, -0.15) is 9.97 Å². The minimum absolute atomic E-state index is 0.00902. The zero-order chi connectivity index (χ0) is 31.8. The highest BCUT2D eigenvalue weighted by molar-refractivity contribution is 6.03. The van der Waals surface area contributed by atoms with Gasteiger partial charge in [0.2, 0.25) is 0 Å². The lowest BCUT2D eigenvalue weighted by atomic mass is 9.92. The molecule has 7 heterocycles. The van der Waals surface area contributed by atoms with E-state index in [4.69, 9.17) is 12.5 Å². The van der Waals surface area contributed by atoms with E-state index in [1.54, 1.807) is 0 Å². The summed E-state index contributed by atoms with van der Waals surface area (Å²) in [5, 5.41) is 15.0. The van der Waals surface area contributed by atoms with E-state index in [9.17, 15) is 13.9 Å². The predicted molar refractivity (Wildman–Crippen MR) is 160 cm³/mol. The topological polar surface area (TPSA) is 86.6 Å². The number of phenolic OH excluding ortho intramolecular Hbond substituents is 1. The first-order chi connectivity index (χ1) is 22.1. The minimum Gasteiger partial charge on any atom is -0.508 e. The zero-order valence-corrected chi connectivity index (χ0v) is 23.8. The molecule has 11 heteroatoms. The molecule has 0 aliphatic carbocycles. The summed E-state index contributed by atoms with van der Waals surface area (Å²) >= 11 is 0. The number of alkyl halides is 1. The Morgan fingerprint density at radius 3 is 2.95 bits per heavy atom. The zero-order valence-electron chi connectivity index (χ0n) is 25.8. The highest BCUT2D eigenvalue weighted by Gasteiger charge is 2.49. The maximum Gasteiger partial charge on any atom is 0.319 e. The highest BCUT2D eigenvalue weighted by atomic mass is 19.1. The molecule has 226 valence electrons. The number of hydrogen-bond donors (Lipinski definition) is 2. The van der Waals surface area contributed by atoms with Gasteiger partial charge in [-0.1, -0.05) is 12.0 Å². The van der Waals surface area contributed by atoms with E-state index in [-0.39, 0.29) is 71.1 Å². The summed E-state index contributed by atoms with van der Waals surface area (Å²) in [6, 6.07) is 5.64. The molecule has 5 saturated heterocycles. The number of rotatable bonds is 5. The molecule has 0 spiro atoms. The van der Waals surface area contributed by atoms with E-state index in [1.165, 1.54) is 30.5 Å². The van der Waals surface area contributed by atoms with Crippen molar-refractivity contribution in [3.05, 3.63) is 47.7 Å². The van der Waals surface area contributed by atoms with Crippen molar-refractivity contribution < 1.29 is 25.8 Å². The third-order valence-electron chi connectivity index (χ3n) is 9.79. The Kier molecular flexibility index (Phi) is 5.85. The van der Waals surface area contributed by atoms with Gasteiger partial charge in [0.25, 0.3) is 0 Å². The minimum atomic E-state index is -2.07. The number of aromatic hydroxyl groups is 1. The number of piperazine rings is 1. The van der Waals surface area contributed by atoms with Gasteiger partial charge in [0.05, 0.1) is 17.9 Å². The van der Waals surface area contributed by atoms with Crippen LogP contribution in [0, 0.1) is 24.0 Å². The number of anilines is 1. The van der Waals surface area contributed by atoms with Crippen LogP contribution in [0.15, 0.2) is 30.5 Å².